The molecule has 124 valence electrons. The first-order valence-corrected chi connectivity index (χ1v) is 8.72. The van der Waals surface area contributed by atoms with Gasteiger partial charge in [-0.2, -0.15) is 0 Å². The number of fused-ring (bicyclic) bond motifs is 1. The Hall–Kier alpha value is -2.99. The quantitative estimate of drug-likeness (QED) is 0.604. The molecule has 2 heterocycles. The van der Waals surface area contributed by atoms with Crippen molar-refractivity contribution in [2.24, 2.45) is 0 Å². The van der Waals surface area contributed by atoms with E-state index in [9.17, 15) is 4.79 Å². The Labute approximate surface area is 149 Å². The molecule has 0 spiro atoms. The number of amides is 1. The molecule has 1 N–H and O–H groups in total. The Kier molecular flexibility index (Phi) is 4.03. The topological polar surface area (TPSA) is 59.8 Å². The van der Waals surface area contributed by atoms with Crippen LogP contribution in [0.1, 0.15) is 5.56 Å². The van der Waals surface area contributed by atoms with Gasteiger partial charge in [0.1, 0.15) is 11.6 Å². The molecule has 5 nitrogen and oxygen atoms in total. The van der Waals surface area contributed by atoms with Crippen LogP contribution in [0.4, 0.5) is 5.69 Å². The molecule has 6 heteroatoms. The van der Waals surface area contributed by atoms with Crippen LogP contribution in [-0.4, -0.2) is 20.4 Å². The van der Waals surface area contributed by atoms with E-state index >= 15 is 0 Å². The lowest BCUT2D eigenvalue weighted by Gasteiger charge is -2.06. The fourth-order valence-corrected chi connectivity index (χ4v) is 3.67. The van der Waals surface area contributed by atoms with Gasteiger partial charge >= 0.3 is 0 Å². The van der Waals surface area contributed by atoms with Crippen LogP contribution in [0.3, 0.4) is 0 Å². The molecule has 0 aliphatic rings. The molecule has 0 saturated heterocycles. The minimum absolute atomic E-state index is 0.0822. The molecule has 0 aliphatic heterocycles. The van der Waals surface area contributed by atoms with Gasteiger partial charge in [0.2, 0.25) is 5.91 Å². The third kappa shape index (κ3) is 3.44. The van der Waals surface area contributed by atoms with E-state index in [-0.39, 0.29) is 12.5 Å². The Morgan fingerprint density at radius 2 is 2.04 bits per heavy atom. The Balaban J connectivity index is 1.50. The molecular formula is C19H16N4OS. The van der Waals surface area contributed by atoms with E-state index in [1.807, 2.05) is 24.3 Å². The molecule has 0 bridgehead atoms. The first kappa shape index (κ1) is 15.5. The normalized spacial score (nSPS) is 10.9. The lowest BCUT2D eigenvalue weighted by atomic mass is 10.2. The van der Waals surface area contributed by atoms with E-state index in [2.05, 4.69) is 40.4 Å². The average Bonchev–Trinajstić information content (AvgIpc) is 3.24. The number of carbonyl (C=O) groups excluding carboxylic acids is 1. The number of carbonyl (C=O) groups is 1. The maximum Gasteiger partial charge on any atom is 0.244 e. The van der Waals surface area contributed by atoms with Crippen molar-refractivity contribution < 1.29 is 4.79 Å². The summed E-state index contributed by atoms with van der Waals surface area (Å²) in [5, 5.41) is 3.87. The van der Waals surface area contributed by atoms with Crippen LogP contribution in [0, 0.1) is 6.92 Å². The third-order valence-corrected chi connectivity index (χ3v) is 4.91. The number of hydrogen-bond acceptors (Lipinski definition) is 4. The van der Waals surface area contributed by atoms with Crippen LogP contribution >= 0.6 is 11.3 Å². The molecule has 0 aliphatic carbocycles. The van der Waals surface area contributed by atoms with Gasteiger partial charge in [-0.15, -0.1) is 11.3 Å². The highest BCUT2D eigenvalue weighted by Crippen LogP contribution is 2.31. The molecule has 25 heavy (non-hydrogen) atoms. The minimum Gasteiger partial charge on any atom is -0.328 e. The van der Waals surface area contributed by atoms with Gasteiger partial charge in [0.25, 0.3) is 0 Å². The van der Waals surface area contributed by atoms with Gasteiger partial charge < -0.3 is 9.88 Å². The predicted octanol–water partition coefficient (Wildman–Crippen LogP) is 4.11. The number of anilines is 1. The molecule has 2 aromatic heterocycles. The number of thiazole rings is 1. The lowest BCUT2D eigenvalue weighted by Crippen LogP contribution is -2.17. The highest BCUT2D eigenvalue weighted by molar-refractivity contribution is 7.21. The number of nitrogens with one attached hydrogen (secondary N) is 1. The largest absolute Gasteiger partial charge is 0.328 e. The molecule has 2 aromatic carbocycles. The molecule has 4 aromatic rings. The van der Waals surface area contributed by atoms with Crippen molar-refractivity contribution >= 4 is 33.1 Å². The van der Waals surface area contributed by atoms with Crippen LogP contribution < -0.4 is 5.32 Å². The molecule has 0 fully saturated rings. The van der Waals surface area contributed by atoms with E-state index in [1.165, 1.54) is 10.3 Å². The first-order valence-electron chi connectivity index (χ1n) is 7.90. The number of benzene rings is 2. The maximum absolute atomic E-state index is 12.0. The van der Waals surface area contributed by atoms with Crippen molar-refractivity contribution in [3.8, 4) is 10.6 Å². The highest BCUT2D eigenvalue weighted by Gasteiger charge is 2.08. The number of imidazole rings is 1. The highest BCUT2D eigenvalue weighted by atomic mass is 32.1. The van der Waals surface area contributed by atoms with Gasteiger partial charge in [-0.25, -0.2) is 9.97 Å². The van der Waals surface area contributed by atoms with Crippen LogP contribution in [0.25, 0.3) is 20.8 Å². The lowest BCUT2D eigenvalue weighted by molar-refractivity contribution is -0.116. The molecule has 1 amide bonds. The molecule has 0 unspecified atom stereocenters. The Morgan fingerprint density at radius 1 is 1.20 bits per heavy atom. The molecule has 0 atom stereocenters. The van der Waals surface area contributed by atoms with E-state index in [0.29, 0.717) is 0 Å². The van der Waals surface area contributed by atoms with Crippen LogP contribution in [0.2, 0.25) is 0 Å². The second-order valence-corrected chi connectivity index (χ2v) is 6.88. The Bertz CT molecular complexity index is 1020. The van der Waals surface area contributed by atoms with Gasteiger partial charge in [-0.05, 0) is 48.9 Å². The van der Waals surface area contributed by atoms with Crippen molar-refractivity contribution in [1.82, 2.24) is 14.5 Å². The standard InChI is InChI=1S/C19H16N4OS/c1-13-2-7-16-17(10-13)25-19(22-16)14-3-5-15(6-4-14)21-18(24)11-23-9-8-20-12-23/h2-10,12H,11H2,1H3,(H,21,24). The molecule has 4 rings (SSSR count). The SMILES string of the molecule is Cc1ccc2nc(-c3ccc(NC(=O)Cn4ccnc4)cc3)sc2c1. The summed E-state index contributed by atoms with van der Waals surface area (Å²) in [5.41, 5.74) is 4.07. The van der Waals surface area contributed by atoms with E-state index < -0.39 is 0 Å². The van der Waals surface area contributed by atoms with Crippen molar-refractivity contribution in [3.05, 3.63) is 66.7 Å². The zero-order valence-electron chi connectivity index (χ0n) is 13.6. The Morgan fingerprint density at radius 3 is 2.80 bits per heavy atom. The van der Waals surface area contributed by atoms with E-state index in [1.54, 1.807) is 34.6 Å². The summed E-state index contributed by atoms with van der Waals surface area (Å²) < 4.78 is 2.92. The number of aromatic nitrogens is 3. The smallest absolute Gasteiger partial charge is 0.244 e. The zero-order chi connectivity index (χ0) is 17.2. The van der Waals surface area contributed by atoms with Crippen molar-refractivity contribution in [1.29, 1.82) is 0 Å². The van der Waals surface area contributed by atoms with Crippen LogP contribution in [-0.2, 0) is 11.3 Å². The van der Waals surface area contributed by atoms with Gasteiger partial charge in [0, 0.05) is 23.6 Å². The van der Waals surface area contributed by atoms with E-state index in [0.717, 1.165) is 21.8 Å². The third-order valence-electron chi connectivity index (χ3n) is 3.84. The monoisotopic (exact) mass is 348 g/mol. The summed E-state index contributed by atoms with van der Waals surface area (Å²) >= 11 is 1.68. The number of nitrogens with zero attached hydrogens (tertiary/aromatic N) is 3. The van der Waals surface area contributed by atoms with Crippen molar-refractivity contribution in [2.45, 2.75) is 13.5 Å². The van der Waals surface area contributed by atoms with Crippen molar-refractivity contribution in [3.63, 3.8) is 0 Å². The summed E-state index contributed by atoms with van der Waals surface area (Å²) in [6.45, 7) is 2.33. The summed E-state index contributed by atoms with van der Waals surface area (Å²) in [6.07, 6.45) is 5.04. The first-order chi connectivity index (χ1) is 12.2. The van der Waals surface area contributed by atoms with Crippen LogP contribution in [0.5, 0.6) is 0 Å². The minimum atomic E-state index is -0.0822. The van der Waals surface area contributed by atoms with E-state index in [4.69, 9.17) is 0 Å². The summed E-state index contributed by atoms with van der Waals surface area (Å²) in [6, 6.07) is 14.0. The molecule has 0 saturated carbocycles. The number of rotatable bonds is 4. The number of hydrogen-bond donors (Lipinski definition) is 1. The predicted molar refractivity (Wildman–Crippen MR) is 101 cm³/mol. The fourth-order valence-electron chi connectivity index (χ4n) is 2.60. The maximum atomic E-state index is 12.0. The van der Waals surface area contributed by atoms with Gasteiger partial charge in [0.15, 0.2) is 0 Å². The van der Waals surface area contributed by atoms with Crippen LogP contribution in [0.15, 0.2) is 61.2 Å². The van der Waals surface area contributed by atoms with Gasteiger partial charge in [-0.3, -0.25) is 4.79 Å². The fraction of sp³-hybridized carbons (Fsp3) is 0.105. The molecular weight excluding hydrogens is 332 g/mol. The molecule has 0 radical (unpaired) electrons. The number of aryl methyl sites for hydroxylation is 1. The zero-order valence-corrected chi connectivity index (χ0v) is 14.5. The second kappa shape index (κ2) is 6.49. The summed E-state index contributed by atoms with van der Waals surface area (Å²) in [5.74, 6) is -0.0822. The van der Waals surface area contributed by atoms with Crippen molar-refractivity contribution in [2.75, 3.05) is 5.32 Å². The summed E-state index contributed by atoms with van der Waals surface area (Å²) in [7, 11) is 0. The second-order valence-electron chi connectivity index (χ2n) is 5.85. The average molecular weight is 348 g/mol. The van der Waals surface area contributed by atoms with Gasteiger partial charge in [0.05, 0.1) is 16.5 Å². The van der Waals surface area contributed by atoms with Gasteiger partial charge in [-0.1, -0.05) is 6.07 Å². The summed E-state index contributed by atoms with van der Waals surface area (Å²) in [4.78, 5) is 20.6.